The zero-order chi connectivity index (χ0) is 13.7. The van der Waals surface area contributed by atoms with Crippen LogP contribution in [0.2, 0.25) is 0 Å². The van der Waals surface area contributed by atoms with E-state index in [-0.39, 0.29) is 0 Å². The number of benzene rings is 1. The van der Waals surface area contributed by atoms with Crippen molar-refractivity contribution in [1.82, 2.24) is 9.69 Å². The van der Waals surface area contributed by atoms with Crippen molar-refractivity contribution in [3.05, 3.63) is 40.8 Å². The first kappa shape index (κ1) is 14.0. The molecular weight excluding hydrogens is 270 g/mol. The molecule has 19 heavy (non-hydrogen) atoms. The monoisotopic (exact) mass is 284 g/mol. The van der Waals surface area contributed by atoms with Crippen LogP contribution in [-0.2, 0) is 11.3 Å². The minimum atomic E-state index is -0.595. The number of rotatable bonds is 6. The highest BCUT2D eigenvalue weighted by atomic mass is 32.1. The lowest BCUT2D eigenvalue weighted by Crippen LogP contribution is -2.17. The van der Waals surface area contributed by atoms with Gasteiger partial charge in [-0.3, -0.25) is 0 Å². The number of hydrogen-bond donors (Lipinski definition) is 1. The van der Waals surface area contributed by atoms with E-state index in [1.54, 1.807) is 7.11 Å². The zero-order valence-electron chi connectivity index (χ0n) is 10.5. The van der Waals surface area contributed by atoms with E-state index < -0.39 is 11.6 Å². The van der Waals surface area contributed by atoms with Gasteiger partial charge in [-0.15, -0.1) is 0 Å². The van der Waals surface area contributed by atoms with E-state index in [0.29, 0.717) is 24.4 Å². The molecule has 0 aliphatic rings. The highest BCUT2D eigenvalue weighted by molar-refractivity contribution is 7.06. The molecule has 0 amide bonds. The Morgan fingerprint density at radius 1 is 1.21 bits per heavy atom. The van der Waals surface area contributed by atoms with Crippen LogP contribution in [0.3, 0.4) is 0 Å². The van der Waals surface area contributed by atoms with Gasteiger partial charge in [0, 0.05) is 36.7 Å². The Labute approximate surface area is 114 Å². The number of hydrogen-bond acceptors (Lipinski definition) is 4. The molecule has 1 N–H and O–H groups in total. The third-order valence-electron chi connectivity index (χ3n) is 2.50. The molecule has 2 rings (SSSR count). The standard InChI is InChI=1S/C13H14F2N2OS/c1-18-3-2-16-8-12-7-13(17-19-12)9-4-10(14)6-11(15)5-9/h4-7,16H,2-3,8H2,1H3. The lowest BCUT2D eigenvalue weighted by Gasteiger charge is -2.00. The summed E-state index contributed by atoms with van der Waals surface area (Å²) in [4.78, 5) is 1.01. The van der Waals surface area contributed by atoms with E-state index in [2.05, 4.69) is 9.69 Å². The van der Waals surface area contributed by atoms with Crippen molar-refractivity contribution in [3.8, 4) is 11.3 Å². The first-order chi connectivity index (χ1) is 9.19. The lowest BCUT2D eigenvalue weighted by molar-refractivity contribution is 0.199. The maximum Gasteiger partial charge on any atom is 0.126 e. The Hall–Kier alpha value is -1.37. The van der Waals surface area contributed by atoms with E-state index in [1.165, 1.54) is 23.7 Å². The quantitative estimate of drug-likeness (QED) is 0.828. The summed E-state index contributed by atoms with van der Waals surface area (Å²) in [5.41, 5.74) is 1.05. The van der Waals surface area contributed by atoms with Gasteiger partial charge >= 0.3 is 0 Å². The van der Waals surface area contributed by atoms with Gasteiger partial charge in [-0.25, -0.2) is 8.78 Å². The molecule has 3 nitrogen and oxygen atoms in total. The molecule has 0 fully saturated rings. The molecule has 0 aliphatic heterocycles. The fraction of sp³-hybridized carbons (Fsp3) is 0.308. The molecule has 0 bridgehead atoms. The summed E-state index contributed by atoms with van der Waals surface area (Å²) >= 11 is 1.32. The topological polar surface area (TPSA) is 34.1 Å². The van der Waals surface area contributed by atoms with Gasteiger partial charge in [0.25, 0.3) is 0 Å². The Morgan fingerprint density at radius 2 is 1.95 bits per heavy atom. The van der Waals surface area contributed by atoms with Crippen LogP contribution in [0.25, 0.3) is 11.3 Å². The Balaban J connectivity index is 2.03. The van der Waals surface area contributed by atoms with Crippen molar-refractivity contribution in [2.24, 2.45) is 0 Å². The molecule has 102 valence electrons. The lowest BCUT2D eigenvalue weighted by atomic mass is 10.1. The molecule has 0 atom stereocenters. The van der Waals surface area contributed by atoms with Crippen LogP contribution in [0.5, 0.6) is 0 Å². The Kier molecular flexibility index (Phi) is 4.95. The van der Waals surface area contributed by atoms with Crippen molar-refractivity contribution in [3.63, 3.8) is 0 Å². The number of nitrogens with zero attached hydrogens (tertiary/aromatic N) is 1. The van der Waals surface area contributed by atoms with Crippen molar-refractivity contribution in [2.45, 2.75) is 6.54 Å². The van der Waals surface area contributed by atoms with Crippen LogP contribution in [0.15, 0.2) is 24.3 Å². The first-order valence-electron chi connectivity index (χ1n) is 5.81. The molecule has 0 saturated carbocycles. The first-order valence-corrected chi connectivity index (χ1v) is 6.58. The molecule has 0 spiro atoms. The summed E-state index contributed by atoms with van der Waals surface area (Å²) in [7, 11) is 1.64. The second-order valence-corrected chi connectivity index (χ2v) is 4.90. The van der Waals surface area contributed by atoms with Gasteiger partial charge in [0.15, 0.2) is 0 Å². The van der Waals surface area contributed by atoms with Gasteiger partial charge in [0.05, 0.1) is 12.3 Å². The number of ether oxygens (including phenoxy) is 1. The van der Waals surface area contributed by atoms with E-state index in [0.717, 1.165) is 17.5 Å². The van der Waals surface area contributed by atoms with Crippen LogP contribution in [0.1, 0.15) is 4.88 Å². The molecule has 6 heteroatoms. The normalized spacial score (nSPS) is 10.9. The molecule has 1 aromatic heterocycles. The predicted octanol–water partition coefficient (Wildman–Crippen LogP) is 2.82. The van der Waals surface area contributed by atoms with E-state index in [9.17, 15) is 8.78 Å². The van der Waals surface area contributed by atoms with Gasteiger partial charge < -0.3 is 10.1 Å². The van der Waals surface area contributed by atoms with Gasteiger partial charge in [-0.1, -0.05) is 0 Å². The van der Waals surface area contributed by atoms with Crippen molar-refractivity contribution in [2.75, 3.05) is 20.3 Å². The molecule has 2 aromatic rings. The van der Waals surface area contributed by atoms with Gasteiger partial charge in [-0.05, 0) is 29.7 Å². The van der Waals surface area contributed by atoms with Gasteiger partial charge in [0.1, 0.15) is 11.6 Å². The maximum atomic E-state index is 13.1. The average molecular weight is 284 g/mol. The number of methoxy groups -OCH3 is 1. The van der Waals surface area contributed by atoms with Gasteiger partial charge in [0.2, 0.25) is 0 Å². The number of nitrogens with one attached hydrogen (secondary N) is 1. The zero-order valence-corrected chi connectivity index (χ0v) is 11.3. The summed E-state index contributed by atoms with van der Waals surface area (Å²) < 4.78 is 35.4. The molecule has 0 aliphatic carbocycles. The van der Waals surface area contributed by atoms with Crippen LogP contribution in [0, 0.1) is 11.6 Å². The summed E-state index contributed by atoms with van der Waals surface area (Å²) in [5.74, 6) is -1.19. The smallest absolute Gasteiger partial charge is 0.126 e. The van der Waals surface area contributed by atoms with Crippen LogP contribution in [0.4, 0.5) is 8.78 Å². The third kappa shape index (κ3) is 4.05. The highest BCUT2D eigenvalue weighted by Crippen LogP contribution is 2.23. The molecular formula is C13H14F2N2OS. The molecule has 0 unspecified atom stereocenters. The summed E-state index contributed by atoms with van der Waals surface area (Å²) in [5, 5.41) is 3.19. The predicted molar refractivity (Wildman–Crippen MR) is 71.0 cm³/mol. The van der Waals surface area contributed by atoms with E-state index in [4.69, 9.17) is 4.74 Å². The number of halogens is 2. The van der Waals surface area contributed by atoms with Crippen LogP contribution >= 0.6 is 11.5 Å². The summed E-state index contributed by atoms with van der Waals surface area (Å²) in [6.45, 7) is 2.05. The summed E-state index contributed by atoms with van der Waals surface area (Å²) in [6.07, 6.45) is 0. The largest absolute Gasteiger partial charge is 0.383 e. The van der Waals surface area contributed by atoms with E-state index >= 15 is 0 Å². The Bertz CT molecular complexity index is 525. The minimum absolute atomic E-state index is 0.455. The van der Waals surface area contributed by atoms with Crippen LogP contribution < -0.4 is 5.32 Å². The van der Waals surface area contributed by atoms with Gasteiger partial charge in [-0.2, -0.15) is 4.37 Å². The molecule has 1 aromatic carbocycles. The van der Waals surface area contributed by atoms with Crippen molar-refractivity contribution in [1.29, 1.82) is 0 Å². The van der Waals surface area contributed by atoms with Crippen molar-refractivity contribution >= 4 is 11.5 Å². The second-order valence-electron chi connectivity index (χ2n) is 4.01. The van der Waals surface area contributed by atoms with E-state index in [1.807, 2.05) is 6.07 Å². The molecule has 0 saturated heterocycles. The maximum absolute atomic E-state index is 13.1. The highest BCUT2D eigenvalue weighted by Gasteiger charge is 2.07. The molecule has 1 heterocycles. The number of aromatic nitrogens is 1. The fourth-order valence-corrected chi connectivity index (χ4v) is 2.32. The minimum Gasteiger partial charge on any atom is -0.383 e. The average Bonchev–Trinajstić information content (AvgIpc) is 2.82. The summed E-state index contributed by atoms with van der Waals surface area (Å²) in [6, 6.07) is 5.24. The second kappa shape index (κ2) is 6.70. The SMILES string of the molecule is COCCNCc1cc(-c2cc(F)cc(F)c2)ns1. The molecule has 0 radical (unpaired) electrons. The fourth-order valence-electron chi connectivity index (χ4n) is 1.62. The third-order valence-corrected chi connectivity index (χ3v) is 3.28. The Morgan fingerprint density at radius 3 is 2.63 bits per heavy atom. The van der Waals surface area contributed by atoms with Crippen LogP contribution in [-0.4, -0.2) is 24.6 Å². The van der Waals surface area contributed by atoms with Crippen molar-refractivity contribution < 1.29 is 13.5 Å².